The molecule has 1 aliphatic rings. The predicted molar refractivity (Wildman–Crippen MR) is 78.8 cm³/mol. The first kappa shape index (κ1) is 13.9. The van der Waals surface area contributed by atoms with Gasteiger partial charge in [0, 0.05) is 37.7 Å². The van der Waals surface area contributed by atoms with Crippen molar-refractivity contribution in [3.63, 3.8) is 0 Å². The van der Waals surface area contributed by atoms with Gasteiger partial charge in [-0.25, -0.2) is 9.97 Å². The molecule has 1 aliphatic heterocycles. The van der Waals surface area contributed by atoms with E-state index in [9.17, 15) is 0 Å². The third kappa shape index (κ3) is 3.73. The first-order valence-electron chi connectivity index (χ1n) is 6.21. The van der Waals surface area contributed by atoms with Crippen LogP contribution in [0.3, 0.4) is 0 Å². The van der Waals surface area contributed by atoms with Crippen molar-refractivity contribution < 1.29 is 0 Å². The van der Waals surface area contributed by atoms with Gasteiger partial charge >= 0.3 is 0 Å². The number of aromatic nitrogens is 2. The summed E-state index contributed by atoms with van der Waals surface area (Å²) in [5, 5.41) is 3.74. The standard InChI is InChI=1S/C12H19ClN4S/c1-9-10(2)16-12(11(13)15-9)14-3-4-17-5-7-18-8-6-17/h3-8H2,1-2H3,(H,14,16). The molecule has 0 amide bonds. The molecule has 0 bridgehead atoms. The van der Waals surface area contributed by atoms with Crippen LogP contribution in [0.2, 0.25) is 5.15 Å². The molecule has 6 heteroatoms. The second kappa shape index (κ2) is 6.59. The summed E-state index contributed by atoms with van der Waals surface area (Å²) in [5.41, 5.74) is 1.81. The molecule has 0 atom stereocenters. The zero-order chi connectivity index (χ0) is 13.0. The molecule has 1 fully saturated rings. The van der Waals surface area contributed by atoms with Gasteiger partial charge in [0.1, 0.15) is 0 Å². The first-order chi connectivity index (χ1) is 8.66. The van der Waals surface area contributed by atoms with E-state index < -0.39 is 0 Å². The molecule has 1 N–H and O–H groups in total. The second-order valence-electron chi connectivity index (χ2n) is 4.41. The number of hydrogen-bond acceptors (Lipinski definition) is 5. The molecule has 1 saturated heterocycles. The minimum absolute atomic E-state index is 0.465. The van der Waals surface area contributed by atoms with E-state index in [2.05, 4.69) is 20.2 Å². The molecule has 0 radical (unpaired) electrons. The van der Waals surface area contributed by atoms with Crippen molar-refractivity contribution in [2.24, 2.45) is 0 Å². The highest BCUT2D eigenvalue weighted by Gasteiger charge is 2.10. The van der Waals surface area contributed by atoms with Gasteiger partial charge in [0.05, 0.1) is 11.4 Å². The highest BCUT2D eigenvalue weighted by Crippen LogP contribution is 2.18. The van der Waals surface area contributed by atoms with E-state index in [-0.39, 0.29) is 0 Å². The minimum atomic E-state index is 0.465. The Hall–Kier alpha value is -0.520. The van der Waals surface area contributed by atoms with Gasteiger partial charge < -0.3 is 5.32 Å². The highest BCUT2D eigenvalue weighted by molar-refractivity contribution is 7.99. The van der Waals surface area contributed by atoms with Crippen molar-refractivity contribution in [1.29, 1.82) is 0 Å². The molecule has 4 nitrogen and oxygen atoms in total. The quantitative estimate of drug-likeness (QED) is 0.919. The van der Waals surface area contributed by atoms with E-state index in [0.717, 1.165) is 24.5 Å². The SMILES string of the molecule is Cc1nc(Cl)c(NCCN2CCSCC2)nc1C. The third-order valence-electron chi connectivity index (χ3n) is 3.09. The minimum Gasteiger partial charge on any atom is -0.366 e. The summed E-state index contributed by atoms with van der Waals surface area (Å²) in [7, 11) is 0. The van der Waals surface area contributed by atoms with E-state index in [1.165, 1.54) is 24.6 Å². The van der Waals surface area contributed by atoms with Crippen molar-refractivity contribution >= 4 is 29.2 Å². The maximum absolute atomic E-state index is 6.07. The van der Waals surface area contributed by atoms with Crippen LogP contribution < -0.4 is 5.32 Å². The number of nitrogens with zero attached hydrogens (tertiary/aromatic N) is 3. The van der Waals surface area contributed by atoms with Crippen LogP contribution in [0.25, 0.3) is 0 Å². The number of rotatable bonds is 4. The molecule has 2 rings (SSSR count). The summed E-state index contributed by atoms with van der Waals surface area (Å²) in [4.78, 5) is 11.2. The van der Waals surface area contributed by atoms with Crippen LogP contribution in [0.4, 0.5) is 5.82 Å². The number of hydrogen-bond donors (Lipinski definition) is 1. The lowest BCUT2D eigenvalue weighted by molar-refractivity contribution is 0.314. The van der Waals surface area contributed by atoms with E-state index in [1.54, 1.807) is 0 Å². The average molecular weight is 287 g/mol. The number of anilines is 1. The molecule has 0 aromatic carbocycles. The van der Waals surface area contributed by atoms with Crippen LogP contribution in [0.5, 0.6) is 0 Å². The van der Waals surface area contributed by atoms with E-state index in [4.69, 9.17) is 11.6 Å². The average Bonchev–Trinajstić information content (AvgIpc) is 2.37. The van der Waals surface area contributed by atoms with Crippen molar-refractivity contribution in [2.45, 2.75) is 13.8 Å². The van der Waals surface area contributed by atoms with Crippen molar-refractivity contribution in [3.05, 3.63) is 16.5 Å². The molecule has 0 spiro atoms. The van der Waals surface area contributed by atoms with Gasteiger partial charge in [0.15, 0.2) is 11.0 Å². The van der Waals surface area contributed by atoms with Gasteiger partial charge in [0.25, 0.3) is 0 Å². The summed E-state index contributed by atoms with van der Waals surface area (Å²) >= 11 is 8.10. The Morgan fingerprint density at radius 1 is 1.22 bits per heavy atom. The monoisotopic (exact) mass is 286 g/mol. The van der Waals surface area contributed by atoms with Gasteiger partial charge in [-0.3, -0.25) is 4.90 Å². The lowest BCUT2D eigenvalue weighted by atomic mass is 10.3. The maximum atomic E-state index is 6.07. The van der Waals surface area contributed by atoms with Crippen LogP contribution in [0.1, 0.15) is 11.4 Å². The molecule has 18 heavy (non-hydrogen) atoms. The lowest BCUT2D eigenvalue weighted by Crippen LogP contribution is -2.36. The van der Waals surface area contributed by atoms with E-state index >= 15 is 0 Å². The summed E-state index contributed by atoms with van der Waals surface area (Å²) in [6.45, 7) is 8.12. The number of nitrogens with one attached hydrogen (secondary N) is 1. The summed E-state index contributed by atoms with van der Waals surface area (Å²) in [6, 6.07) is 0. The Bertz CT molecular complexity index is 407. The van der Waals surface area contributed by atoms with Crippen LogP contribution in [-0.2, 0) is 0 Å². The van der Waals surface area contributed by atoms with Crippen LogP contribution in [-0.4, -0.2) is 52.6 Å². The van der Waals surface area contributed by atoms with Crippen molar-refractivity contribution in [2.75, 3.05) is 43.0 Å². The summed E-state index contributed by atoms with van der Waals surface area (Å²) < 4.78 is 0. The number of thioether (sulfide) groups is 1. The fourth-order valence-corrected chi connectivity index (χ4v) is 3.06. The third-order valence-corrected chi connectivity index (χ3v) is 4.29. The number of halogens is 1. The van der Waals surface area contributed by atoms with Gasteiger partial charge in [-0.05, 0) is 13.8 Å². The molecular formula is C12H19ClN4S. The van der Waals surface area contributed by atoms with Crippen molar-refractivity contribution in [3.8, 4) is 0 Å². The molecule has 100 valence electrons. The molecule has 0 unspecified atom stereocenters. The Labute approximate surface area is 118 Å². The lowest BCUT2D eigenvalue weighted by Gasteiger charge is -2.26. The molecule has 0 saturated carbocycles. The van der Waals surface area contributed by atoms with Crippen LogP contribution in [0.15, 0.2) is 0 Å². The van der Waals surface area contributed by atoms with E-state index in [1.807, 2.05) is 25.6 Å². The molecule has 2 heterocycles. The zero-order valence-electron chi connectivity index (χ0n) is 10.9. The van der Waals surface area contributed by atoms with Crippen LogP contribution in [0, 0.1) is 13.8 Å². The fourth-order valence-electron chi connectivity index (χ4n) is 1.85. The Balaban J connectivity index is 1.84. The van der Waals surface area contributed by atoms with Gasteiger partial charge in [0.2, 0.25) is 0 Å². The summed E-state index contributed by atoms with van der Waals surface area (Å²) in [6.07, 6.45) is 0. The molecular weight excluding hydrogens is 268 g/mol. The molecule has 1 aromatic rings. The Kier molecular flexibility index (Phi) is 5.09. The fraction of sp³-hybridized carbons (Fsp3) is 0.667. The van der Waals surface area contributed by atoms with Gasteiger partial charge in [-0.15, -0.1) is 0 Å². The maximum Gasteiger partial charge on any atom is 0.171 e. The first-order valence-corrected chi connectivity index (χ1v) is 7.75. The Morgan fingerprint density at radius 2 is 1.89 bits per heavy atom. The molecule has 0 aliphatic carbocycles. The van der Waals surface area contributed by atoms with Crippen LogP contribution >= 0.6 is 23.4 Å². The Morgan fingerprint density at radius 3 is 2.61 bits per heavy atom. The normalized spacial score (nSPS) is 16.8. The van der Waals surface area contributed by atoms with E-state index in [0.29, 0.717) is 11.0 Å². The highest BCUT2D eigenvalue weighted by atomic mass is 35.5. The topological polar surface area (TPSA) is 41.1 Å². The largest absolute Gasteiger partial charge is 0.366 e. The number of aryl methyl sites for hydroxylation is 2. The van der Waals surface area contributed by atoms with Crippen molar-refractivity contribution in [1.82, 2.24) is 14.9 Å². The van der Waals surface area contributed by atoms with Gasteiger partial charge in [-0.1, -0.05) is 11.6 Å². The summed E-state index contributed by atoms with van der Waals surface area (Å²) in [5.74, 6) is 3.18. The zero-order valence-corrected chi connectivity index (χ0v) is 12.4. The second-order valence-corrected chi connectivity index (χ2v) is 6.00. The smallest absolute Gasteiger partial charge is 0.171 e. The predicted octanol–water partition coefficient (Wildman–Crippen LogP) is 2.21. The molecule has 1 aromatic heterocycles. The van der Waals surface area contributed by atoms with Gasteiger partial charge in [-0.2, -0.15) is 11.8 Å².